The van der Waals surface area contributed by atoms with E-state index in [9.17, 15) is 19.5 Å². The van der Waals surface area contributed by atoms with Crippen LogP contribution >= 0.6 is 0 Å². The number of hydrogen-bond donors (Lipinski definition) is 2. The second-order valence-electron chi connectivity index (χ2n) is 6.14. The van der Waals surface area contributed by atoms with Gasteiger partial charge < -0.3 is 20.5 Å². The first-order chi connectivity index (χ1) is 10.7. The van der Waals surface area contributed by atoms with Gasteiger partial charge in [-0.25, -0.2) is 4.79 Å². The van der Waals surface area contributed by atoms with Crippen LogP contribution in [0, 0.1) is 5.92 Å². The van der Waals surface area contributed by atoms with Gasteiger partial charge in [-0.15, -0.1) is 0 Å². The van der Waals surface area contributed by atoms with E-state index in [2.05, 4.69) is 0 Å². The minimum Gasteiger partial charge on any atom is -0.479 e. The Kier molecular flexibility index (Phi) is 6.45. The lowest BCUT2D eigenvalue weighted by Crippen LogP contribution is -2.61. The maximum atomic E-state index is 12.5. The van der Waals surface area contributed by atoms with Crippen molar-refractivity contribution < 1.29 is 19.5 Å². The van der Waals surface area contributed by atoms with Crippen molar-refractivity contribution in [2.24, 2.45) is 11.7 Å². The number of carbonyl (C=O) groups is 3. The van der Waals surface area contributed by atoms with Crippen LogP contribution in [0.15, 0.2) is 30.3 Å². The Morgan fingerprint density at radius 3 is 2.30 bits per heavy atom. The average molecular weight is 320 g/mol. The number of hydrogen-bond acceptors (Lipinski definition) is 4. The fraction of sp³-hybridized carbons (Fsp3) is 0.471. The number of rotatable bonds is 8. The number of aldehydes is 1. The first kappa shape index (κ1) is 18.8. The Morgan fingerprint density at radius 2 is 1.87 bits per heavy atom. The normalized spacial score (nSPS) is 14.8. The van der Waals surface area contributed by atoms with Gasteiger partial charge in [0.2, 0.25) is 5.91 Å². The summed E-state index contributed by atoms with van der Waals surface area (Å²) >= 11 is 0. The molecule has 0 saturated carbocycles. The lowest BCUT2D eigenvalue weighted by Gasteiger charge is -2.35. The van der Waals surface area contributed by atoms with Gasteiger partial charge in [-0.05, 0) is 17.9 Å². The topological polar surface area (TPSA) is 101 Å². The van der Waals surface area contributed by atoms with Gasteiger partial charge in [-0.2, -0.15) is 0 Å². The predicted octanol–water partition coefficient (Wildman–Crippen LogP) is 1.08. The second kappa shape index (κ2) is 7.87. The second-order valence-corrected chi connectivity index (χ2v) is 6.14. The number of carbonyl (C=O) groups excluding carboxylic acids is 2. The summed E-state index contributed by atoms with van der Waals surface area (Å²) < 4.78 is 0. The zero-order valence-corrected chi connectivity index (χ0v) is 13.7. The number of amides is 1. The van der Waals surface area contributed by atoms with Gasteiger partial charge in [-0.1, -0.05) is 44.2 Å². The van der Waals surface area contributed by atoms with Crippen molar-refractivity contribution in [2.75, 3.05) is 7.05 Å². The van der Waals surface area contributed by atoms with Crippen molar-refractivity contribution in [3.05, 3.63) is 35.9 Å². The van der Waals surface area contributed by atoms with Crippen LogP contribution in [0.5, 0.6) is 0 Å². The molecule has 1 amide bonds. The van der Waals surface area contributed by atoms with E-state index in [1.165, 1.54) is 7.05 Å². The van der Waals surface area contributed by atoms with Crippen LogP contribution in [-0.4, -0.2) is 46.8 Å². The zero-order valence-electron chi connectivity index (χ0n) is 13.7. The molecule has 1 aromatic carbocycles. The highest BCUT2D eigenvalue weighted by atomic mass is 16.4. The third kappa shape index (κ3) is 4.39. The standard InChI is InChI=1S/C17H24N2O4/c1-12(2)9-14(18)15(21)19(3)17(11-20,16(22)23)10-13-7-5-4-6-8-13/h4-8,11-12,14H,9-10,18H2,1-3H3,(H,22,23)/t14-,17+/m0/s1. The average Bonchev–Trinajstić information content (AvgIpc) is 2.51. The molecule has 0 saturated heterocycles. The van der Waals surface area contributed by atoms with Crippen molar-refractivity contribution in [3.8, 4) is 0 Å². The third-order valence-electron chi connectivity index (χ3n) is 3.85. The Labute approximate surface area is 136 Å². The highest BCUT2D eigenvalue weighted by Gasteiger charge is 2.46. The maximum absolute atomic E-state index is 12.5. The van der Waals surface area contributed by atoms with E-state index in [1.54, 1.807) is 30.3 Å². The summed E-state index contributed by atoms with van der Waals surface area (Å²) in [5, 5.41) is 9.60. The van der Waals surface area contributed by atoms with E-state index >= 15 is 0 Å². The minimum atomic E-state index is -1.97. The molecule has 0 aromatic heterocycles. The van der Waals surface area contributed by atoms with Crippen molar-refractivity contribution >= 4 is 18.2 Å². The molecule has 1 aromatic rings. The fourth-order valence-electron chi connectivity index (χ4n) is 2.47. The van der Waals surface area contributed by atoms with Crippen molar-refractivity contribution in [1.82, 2.24) is 4.90 Å². The highest BCUT2D eigenvalue weighted by Crippen LogP contribution is 2.21. The van der Waals surface area contributed by atoms with Crippen LogP contribution in [0.25, 0.3) is 0 Å². The SMILES string of the molecule is CC(C)C[C@H](N)C(=O)N(C)[C@@](C=O)(Cc1ccccc1)C(=O)O. The molecule has 0 aliphatic carbocycles. The molecule has 0 fully saturated rings. The first-order valence-electron chi connectivity index (χ1n) is 7.51. The quantitative estimate of drug-likeness (QED) is 0.551. The Bertz CT molecular complexity index is 559. The molecular weight excluding hydrogens is 296 g/mol. The molecule has 1 rings (SSSR count). The summed E-state index contributed by atoms with van der Waals surface area (Å²) in [7, 11) is 1.31. The van der Waals surface area contributed by atoms with Crippen LogP contribution in [0.4, 0.5) is 0 Å². The molecule has 23 heavy (non-hydrogen) atoms. The molecule has 3 N–H and O–H groups in total. The van der Waals surface area contributed by atoms with Gasteiger partial charge >= 0.3 is 5.97 Å². The molecule has 0 radical (unpaired) electrons. The molecule has 6 heteroatoms. The molecule has 0 spiro atoms. The van der Waals surface area contributed by atoms with Gasteiger partial charge in [0.1, 0.15) is 0 Å². The minimum absolute atomic E-state index is 0.108. The van der Waals surface area contributed by atoms with Gasteiger partial charge in [-0.3, -0.25) is 4.79 Å². The number of nitrogens with two attached hydrogens (primary N) is 1. The van der Waals surface area contributed by atoms with Gasteiger partial charge in [0.25, 0.3) is 0 Å². The Hall–Kier alpha value is -2.21. The predicted molar refractivity (Wildman–Crippen MR) is 86.8 cm³/mol. The molecule has 0 aliphatic rings. The van der Waals surface area contributed by atoms with E-state index in [1.807, 2.05) is 13.8 Å². The van der Waals surface area contributed by atoms with Gasteiger partial charge in [0.05, 0.1) is 6.04 Å². The van der Waals surface area contributed by atoms with Crippen molar-refractivity contribution in [1.29, 1.82) is 0 Å². The summed E-state index contributed by atoms with van der Waals surface area (Å²) in [5.41, 5.74) is 4.55. The van der Waals surface area contributed by atoms with Crippen LogP contribution in [0.3, 0.4) is 0 Å². The highest BCUT2D eigenvalue weighted by molar-refractivity contribution is 6.02. The molecule has 2 atom stereocenters. The monoisotopic (exact) mass is 320 g/mol. The summed E-state index contributed by atoms with van der Waals surface area (Å²) in [5.74, 6) is -1.74. The molecular formula is C17H24N2O4. The lowest BCUT2D eigenvalue weighted by molar-refractivity contribution is -0.160. The molecule has 0 heterocycles. The van der Waals surface area contributed by atoms with Crippen molar-refractivity contribution in [2.45, 2.75) is 38.3 Å². The van der Waals surface area contributed by atoms with E-state index in [0.717, 1.165) is 4.90 Å². The van der Waals surface area contributed by atoms with Crippen molar-refractivity contribution in [3.63, 3.8) is 0 Å². The zero-order chi connectivity index (χ0) is 17.6. The summed E-state index contributed by atoms with van der Waals surface area (Å²) in [4.78, 5) is 36.8. The number of benzene rings is 1. The summed E-state index contributed by atoms with van der Waals surface area (Å²) in [6.45, 7) is 3.84. The molecule has 0 unspecified atom stereocenters. The number of carboxylic acids is 1. The van der Waals surface area contributed by atoms with Crippen LogP contribution in [0.2, 0.25) is 0 Å². The van der Waals surface area contributed by atoms with Crippen LogP contribution < -0.4 is 5.73 Å². The number of nitrogens with zero attached hydrogens (tertiary/aromatic N) is 1. The lowest BCUT2D eigenvalue weighted by atomic mass is 9.89. The van der Waals surface area contributed by atoms with E-state index < -0.39 is 23.5 Å². The third-order valence-corrected chi connectivity index (χ3v) is 3.85. The number of aliphatic carboxylic acids is 1. The molecule has 0 aliphatic heterocycles. The Balaban J connectivity index is 3.12. The van der Waals surface area contributed by atoms with E-state index in [-0.39, 0.29) is 12.3 Å². The molecule has 6 nitrogen and oxygen atoms in total. The smallest absolute Gasteiger partial charge is 0.337 e. The molecule has 126 valence electrons. The number of carboxylic acid groups (broad SMARTS) is 1. The summed E-state index contributed by atoms with van der Waals surface area (Å²) in [6, 6.07) is 7.88. The number of likely N-dealkylation sites (N-methyl/N-ethyl adjacent to an activating group) is 1. The van der Waals surface area contributed by atoms with E-state index in [0.29, 0.717) is 18.3 Å². The Morgan fingerprint density at radius 1 is 1.30 bits per heavy atom. The van der Waals surface area contributed by atoms with Crippen LogP contribution in [-0.2, 0) is 20.8 Å². The molecule has 0 bridgehead atoms. The maximum Gasteiger partial charge on any atom is 0.337 e. The summed E-state index contributed by atoms with van der Waals surface area (Å²) in [6.07, 6.45) is 0.620. The first-order valence-corrected chi connectivity index (χ1v) is 7.51. The van der Waals surface area contributed by atoms with E-state index in [4.69, 9.17) is 5.73 Å². The largest absolute Gasteiger partial charge is 0.479 e. The fourth-order valence-corrected chi connectivity index (χ4v) is 2.47. The van der Waals surface area contributed by atoms with Gasteiger partial charge in [0, 0.05) is 13.5 Å². The van der Waals surface area contributed by atoms with Gasteiger partial charge in [0.15, 0.2) is 11.8 Å². The van der Waals surface area contributed by atoms with Crippen LogP contribution in [0.1, 0.15) is 25.8 Å².